The van der Waals surface area contributed by atoms with Crippen molar-refractivity contribution in [1.29, 1.82) is 0 Å². The minimum Gasteiger partial charge on any atom is -0.368 e. The minimum atomic E-state index is -0.407. The Balaban J connectivity index is 2.68. The van der Waals surface area contributed by atoms with E-state index >= 15 is 0 Å². The first-order chi connectivity index (χ1) is 6.16. The average molecular weight is 182 g/mol. The number of carbonyl (C=O) groups excluding carboxylic acids is 2. The zero-order chi connectivity index (χ0) is 9.84. The molecule has 0 saturated carbocycles. The molecule has 0 bridgehead atoms. The van der Waals surface area contributed by atoms with Gasteiger partial charge in [-0.15, -0.1) is 0 Å². The quantitative estimate of drug-likeness (QED) is 0.613. The summed E-state index contributed by atoms with van der Waals surface area (Å²) in [6.07, 6.45) is 4.68. The number of primary amides is 1. The molecule has 1 unspecified atom stereocenters. The SMILES string of the molecule is C/C=C/C(=O)N1CCCC1C(N)=O. The third-order valence-corrected chi connectivity index (χ3v) is 2.17. The molecule has 2 N–H and O–H groups in total. The van der Waals surface area contributed by atoms with Crippen molar-refractivity contribution < 1.29 is 9.59 Å². The summed E-state index contributed by atoms with van der Waals surface area (Å²) in [5.41, 5.74) is 5.17. The number of carbonyl (C=O) groups is 2. The zero-order valence-corrected chi connectivity index (χ0v) is 7.69. The highest BCUT2D eigenvalue weighted by molar-refractivity contribution is 5.92. The molecule has 72 valence electrons. The Bertz CT molecular complexity index is 248. The van der Waals surface area contributed by atoms with Gasteiger partial charge in [0.05, 0.1) is 0 Å². The summed E-state index contributed by atoms with van der Waals surface area (Å²) in [6.45, 7) is 2.41. The second-order valence-electron chi connectivity index (χ2n) is 3.09. The van der Waals surface area contributed by atoms with Crippen molar-refractivity contribution in [1.82, 2.24) is 4.90 Å². The lowest BCUT2D eigenvalue weighted by Crippen LogP contribution is -2.42. The molecular formula is C9H14N2O2. The van der Waals surface area contributed by atoms with Gasteiger partial charge in [-0.2, -0.15) is 0 Å². The van der Waals surface area contributed by atoms with Crippen LogP contribution in [0.15, 0.2) is 12.2 Å². The Morgan fingerprint density at radius 2 is 2.23 bits per heavy atom. The van der Waals surface area contributed by atoms with Gasteiger partial charge >= 0.3 is 0 Å². The first kappa shape index (κ1) is 9.77. The molecule has 1 rings (SSSR count). The Kier molecular flexibility index (Phi) is 3.06. The minimum absolute atomic E-state index is 0.121. The summed E-state index contributed by atoms with van der Waals surface area (Å²) in [6, 6.07) is -0.399. The largest absolute Gasteiger partial charge is 0.368 e. The predicted octanol–water partition coefficient (Wildman–Crippen LogP) is 0.0388. The summed E-state index contributed by atoms with van der Waals surface area (Å²) in [4.78, 5) is 23.8. The number of hydrogen-bond acceptors (Lipinski definition) is 2. The van der Waals surface area contributed by atoms with Crippen molar-refractivity contribution in [2.45, 2.75) is 25.8 Å². The van der Waals surface area contributed by atoms with Crippen molar-refractivity contribution in [3.63, 3.8) is 0 Å². The summed E-state index contributed by atoms with van der Waals surface area (Å²) in [7, 11) is 0. The van der Waals surface area contributed by atoms with Crippen molar-refractivity contribution in [2.24, 2.45) is 5.73 Å². The molecular weight excluding hydrogens is 168 g/mol. The van der Waals surface area contributed by atoms with E-state index in [1.807, 2.05) is 0 Å². The topological polar surface area (TPSA) is 63.4 Å². The van der Waals surface area contributed by atoms with Crippen molar-refractivity contribution >= 4 is 11.8 Å². The molecule has 13 heavy (non-hydrogen) atoms. The van der Waals surface area contributed by atoms with Gasteiger partial charge in [0.1, 0.15) is 6.04 Å². The van der Waals surface area contributed by atoms with Crippen LogP contribution in [0.25, 0.3) is 0 Å². The van der Waals surface area contributed by atoms with Crippen LogP contribution in [-0.2, 0) is 9.59 Å². The predicted molar refractivity (Wildman–Crippen MR) is 48.7 cm³/mol. The zero-order valence-electron chi connectivity index (χ0n) is 7.69. The number of nitrogens with zero attached hydrogens (tertiary/aromatic N) is 1. The fourth-order valence-electron chi connectivity index (χ4n) is 1.56. The second-order valence-corrected chi connectivity index (χ2v) is 3.09. The van der Waals surface area contributed by atoms with E-state index in [4.69, 9.17) is 5.73 Å². The smallest absolute Gasteiger partial charge is 0.246 e. The van der Waals surface area contributed by atoms with E-state index in [9.17, 15) is 9.59 Å². The summed E-state index contributed by atoms with van der Waals surface area (Å²) >= 11 is 0. The Labute approximate surface area is 77.4 Å². The summed E-state index contributed by atoms with van der Waals surface area (Å²) in [5.74, 6) is -0.529. The monoisotopic (exact) mass is 182 g/mol. The van der Waals surface area contributed by atoms with Crippen LogP contribution in [0.2, 0.25) is 0 Å². The molecule has 0 aromatic carbocycles. The van der Waals surface area contributed by atoms with E-state index < -0.39 is 11.9 Å². The molecule has 4 nitrogen and oxygen atoms in total. The van der Waals surface area contributed by atoms with E-state index in [1.54, 1.807) is 13.0 Å². The van der Waals surface area contributed by atoms with Crippen molar-refractivity contribution in [3.8, 4) is 0 Å². The fraction of sp³-hybridized carbons (Fsp3) is 0.556. The number of nitrogens with two attached hydrogens (primary N) is 1. The molecule has 1 heterocycles. The average Bonchev–Trinajstić information content (AvgIpc) is 2.52. The van der Waals surface area contributed by atoms with Gasteiger partial charge in [-0.25, -0.2) is 0 Å². The number of likely N-dealkylation sites (tertiary alicyclic amines) is 1. The van der Waals surface area contributed by atoms with E-state index in [2.05, 4.69) is 0 Å². The van der Waals surface area contributed by atoms with Gasteiger partial charge in [-0.3, -0.25) is 9.59 Å². The molecule has 0 spiro atoms. The van der Waals surface area contributed by atoms with Crippen LogP contribution in [0, 0.1) is 0 Å². The van der Waals surface area contributed by atoms with E-state index in [0.717, 1.165) is 6.42 Å². The van der Waals surface area contributed by atoms with Gasteiger partial charge in [-0.05, 0) is 25.8 Å². The molecule has 0 aliphatic carbocycles. The number of hydrogen-bond donors (Lipinski definition) is 1. The van der Waals surface area contributed by atoms with Crippen LogP contribution in [0.4, 0.5) is 0 Å². The Morgan fingerprint density at radius 3 is 2.77 bits per heavy atom. The third kappa shape index (κ3) is 2.08. The second kappa shape index (κ2) is 4.07. The van der Waals surface area contributed by atoms with Gasteiger partial charge < -0.3 is 10.6 Å². The number of amides is 2. The van der Waals surface area contributed by atoms with Crippen molar-refractivity contribution in [2.75, 3.05) is 6.54 Å². The van der Waals surface area contributed by atoms with Crippen LogP contribution in [-0.4, -0.2) is 29.3 Å². The fourth-order valence-corrected chi connectivity index (χ4v) is 1.56. The van der Waals surface area contributed by atoms with E-state index in [-0.39, 0.29) is 5.91 Å². The van der Waals surface area contributed by atoms with Gasteiger partial charge in [0, 0.05) is 6.54 Å². The van der Waals surface area contributed by atoms with Crippen molar-refractivity contribution in [3.05, 3.63) is 12.2 Å². The Hall–Kier alpha value is -1.32. The van der Waals surface area contributed by atoms with Gasteiger partial charge in [0.2, 0.25) is 11.8 Å². The van der Waals surface area contributed by atoms with Gasteiger partial charge in [0.25, 0.3) is 0 Å². The first-order valence-electron chi connectivity index (χ1n) is 4.39. The Morgan fingerprint density at radius 1 is 1.54 bits per heavy atom. The summed E-state index contributed by atoms with van der Waals surface area (Å²) in [5, 5.41) is 0. The molecule has 0 aromatic heterocycles. The highest BCUT2D eigenvalue weighted by Gasteiger charge is 2.31. The molecule has 1 atom stereocenters. The molecule has 0 aromatic rings. The lowest BCUT2D eigenvalue weighted by molar-refractivity contribution is -0.133. The number of rotatable bonds is 2. The van der Waals surface area contributed by atoms with Gasteiger partial charge in [-0.1, -0.05) is 6.08 Å². The summed E-state index contributed by atoms with van der Waals surface area (Å²) < 4.78 is 0. The molecule has 1 fully saturated rings. The molecule has 1 saturated heterocycles. The van der Waals surface area contributed by atoms with Crippen LogP contribution in [0.1, 0.15) is 19.8 Å². The molecule has 1 aliphatic heterocycles. The van der Waals surface area contributed by atoms with Crippen LogP contribution in [0.5, 0.6) is 0 Å². The highest BCUT2D eigenvalue weighted by Crippen LogP contribution is 2.16. The highest BCUT2D eigenvalue weighted by atomic mass is 16.2. The van der Waals surface area contributed by atoms with Gasteiger partial charge in [0.15, 0.2) is 0 Å². The number of allylic oxidation sites excluding steroid dienone is 1. The molecule has 1 aliphatic rings. The van der Waals surface area contributed by atoms with Crippen LogP contribution < -0.4 is 5.73 Å². The third-order valence-electron chi connectivity index (χ3n) is 2.17. The normalized spacial score (nSPS) is 22.5. The van der Waals surface area contributed by atoms with E-state index in [0.29, 0.717) is 13.0 Å². The molecule has 2 amide bonds. The molecule has 4 heteroatoms. The lowest BCUT2D eigenvalue weighted by Gasteiger charge is -2.20. The molecule has 0 radical (unpaired) electrons. The maximum atomic E-state index is 11.4. The maximum absolute atomic E-state index is 11.4. The van der Waals surface area contributed by atoms with Crippen LogP contribution in [0.3, 0.4) is 0 Å². The van der Waals surface area contributed by atoms with Crippen LogP contribution >= 0.6 is 0 Å². The first-order valence-corrected chi connectivity index (χ1v) is 4.39. The lowest BCUT2D eigenvalue weighted by atomic mass is 10.2. The van der Waals surface area contributed by atoms with E-state index in [1.165, 1.54) is 11.0 Å². The maximum Gasteiger partial charge on any atom is 0.246 e. The standard InChI is InChI=1S/C9H14N2O2/c1-2-4-8(12)11-6-3-5-7(11)9(10)13/h2,4,7H,3,5-6H2,1H3,(H2,10,13)/b4-2+.